The Morgan fingerprint density at radius 3 is 2.16 bits per heavy atom. The van der Waals surface area contributed by atoms with Gasteiger partial charge in [-0.3, -0.25) is 18.7 Å². The van der Waals surface area contributed by atoms with E-state index < -0.39 is 27.9 Å². The van der Waals surface area contributed by atoms with Crippen LogP contribution in [0.5, 0.6) is 0 Å². The van der Waals surface area contributed by atoms with Gasteiger partial charge in [-0.25, -0.2) is 9.82 Å². The lowest BCUT2D eigenvalue weighted by molar-refractivity contribution is -0.119. The molecule has 0 aliphatic carbocycles. The summed E-state index contributed by atoms with van der Waals surface area (Å²) in [7, 11) is -3.38. The third kappa shape index (κ3) is 4.32. The van der Waals surface area contributed by atoms with Gasteiger partial charge in [0.1, 0.15) is 5.69 Å². The molecule has 0 amide bonds. The molecule has 4 N–H and O–H groups in total. The molecule has 2 aromatic carbocycles. The normalized spacial score (nSPS) is 14.0. The molecule has 0 spiro atoms. The molecule has 1 atom stereocenters. The molecule has 31 heavy (non-hydrogen) atoms. The van der Waals surface area contributed by atoms with Crippen molar-refractivity contribution in [2.45, 2.75) is 31.2 Å². The number of hydrogen-bond acceptors (Lipinski definition) is 8. The fraction of sp³-hybridized carbons (Fsp3) is 0.190. The van der Waals surface area contributed by atoms with Crippen LogP contribution >= 0.6 is 10.8 Å². The SMILES string of the molecule is CC(=O)C(C)(N=O)C(=O)c1cc(-c2ccc(C)cc2)n(-c2ccc(S(N)(O)O)cc2)n1. The predicted molar refractivity (Wildman–Crippen MR) is 118 cm³/mol. The second kappa shape index (κ2) is 8.16. The van der Waals surface area contributed by atoms with E-state index in [1.807, 2.05) is 31.2 Å². The van der Waals surface area contributed by atoms with E-state index in [-0.39, 0.29) is 10.6 Å². The van der Waals surface area contributed by atoms with Crippen LogP contribution in [0.4, 0.5) is 0 Å². The number of hydrogen-bond donors (Lipinski definition) is 3. The van der Waals surface area contributed by atoms with Crippen molar-refractivity contribution in [1.29, 1.82) is 0 Å². The van der Waals surface area contributed by atoms with E-state index in [0.717, 1.165) is 25.0 Å². The van der Waals surface area contributed by atoms with E-state index in [0.29, 0.717) is 11.4 Å². The Balaban J connectivity index is 2.17. The van der Waals surface area contributed by atoms with Crippen molar-refractivity contribution in [3.05, 3.63) is 70.8 Å². The van der Waals surface area contributed by atoms with Gasteiger partial charge in [-0.2, -0.15) is 5.10 Å². The van der Waals surface area contributed by atoms with Gasteiger partial charge < -0.3 is 0 Å². The van der Waals surface area contributed by atoms with Crippen molar-refractivity contribution in [3.63, 3.8) is 0 Å². The zero-order chi connectivity index (χ0) is 23.0. The summed E-state index contributed by atoms with van der Waals surface area (Å²) in [4.78, 5) is 36.3. The maximum Gasteiger partial charge on any atom is 0.221 e. The van der Waals surface area contributed by atoms with Gasteiger partial charge >= 0.3 is 0 Å². The lowest BCUT2D eigenvalue weighted by atomic mass is 9.91. The van der Waals surface area contributed by atoms with Crippen LogP contribution in [0, 0.1) is 11.8 Å². The van der Waals surface area contributed by atoms with Gasteiger partial charge in [0.05, 0.1) is 16.3 Å². The maximum absolute atomic E-state index is 12.9. The molecule has 10 heteroatoms. The molecule has 0 aliphatic heterocycles. The van der Waals surface area contributed by atoms with Crippen LogP contribution in [0.1, 0.15) is 29.9 Å². The molecule has 1 unspecified atom stereocenters. The number of nitrogens with zero attached hydrogens (tertiary/aromatic N) is 3. The summed E-state index contributed by atoms with van der Waals surface area (Å²) < 4.78 is 20.7. The Kier molecular flexibility index (Phi) is 5.92. The summed E-state index contributed by atoms with van der Waals surface area (Å²) >= 11 is 0. The number of nitroso groups, excluding NO2 is 1. The fourth-order valence-electron chi connectivity index (χ4n) is 2.92. The summed E-state index contributed by atoms with van der Waals surface area (Å²) in [5, 5.41) is 12.5. The summed E-state index contributed by atoms with van der Waals surface area (Å²) in [6.45, 7) is 4.23. The number of Topliss-reactive ketones (excluding diaryl/α,β-unsaturated/α-hetero) is 2. The molecule has 0 fully saturated rings. The van der Waals surface area contributed by atoms with E-state index >= 15 is 0 Å². The van der Waals surface area contributed by atoms with Crippen molar-refractivity contribution in [2.24, 2.45) is 10.3 Å². The summed E-state index contributed by atoms with van der Waals surface area (Å²) in [5.41, 5.74) is 0.646. The standard InChI is InChI=1S/C21H22N4O5S/c1-13-4-6-15(7-5-13)19-12-18(20(27)21(3,24-28)14(2)26)23-25(19)16-8-10-17(11-9-16)31(22,29)30/h4-12,29-30H,22H2,1-3H3. The predicted octanol–water partition coefficient (Wildman–Crippen LogP) is 4.13. The highest BCUT2D eigenvalue weighted by Gasteiger charge is 2.42. The summed E-state index contributed by atoms with van der Waals surface area (Å²) in [6.07, 6.45) is 0. The van der Waals surface area contributed by atoms with E-state index in [1.54, 1.807) is 12.1 Å². The van der Waals surface area contributed by atoms with Gasteiger partial charge in [-0.15, -0.1) is 15.7 Å². The quantitative estimate of drug-likeness (QED) is 0.283. The lowest BCUT2D eigenvalue weighted by Crippen LogP contribution is -2.40. The second-order valence-electron chi connectivity index (χ2n) is 7.33. The minimum Gasteiger partial charge on any atom is -0.297 e. The summed E-state index contributed by atoms with van der Waals surface area (Å²) in [5.74, 6) is -1.49. The molecule has 0 saturated heterocycles. The minimum absolute atomic E-state index is 0.0972. The van der Waals surface area contributed by atoms with Crippen molar-refractivity contribution >= 4 is 22.3 Å². The average Bonchev–Trinajstić information content (AvgIpc) is 3.17. The van der Waals surface area contributed by atoms with Gasteiger partial charge in [0, 0.05) is 5.56 Å². The van der Waals surface area contributed by atoms with E-state index in [9.17, 15) is 23.6 Å². The molecule has 1 aromatic heterocycles. The highest BCUT2D eigenvalue weighted by atomic mass is 32.3. The molecule has 0 saturated carbocycles. The third-order valence-electron chi connectivity index (χ3n) is 5.03. The largest absolute Gasteiger partial charge is 0.297 e. The van der Waals surface area contributed by atoms with Crippen LogP contribution in [0.2, 0.25) is 0 Å². The van der Waals surface area contributed by atoms with Gasteiger partial charge in [-0.05, 0) is 56.3 Å². The first-order valence-corrected chi connectivity index (χ1v) is 10.8. The lowest BCUT2D eigenvalue weighted by Gasteiger charge is -2.26. The monoisotopic (exact) mass is 442 g/mol. The Hall–Kier alpha value is -3.18. The zero-order valence-electron chi connectivity index (χ0n) is 17.1. The Morgan fingerprint density at radius 2 is 1.68 bits per heavy atom. The molecule has 1 heterocycles. The Morgan fingerprint density at radius 1 is 1.10 bits per heavy atom. The minimum atomic E-state index is -3.38. The van der Waals surface area contributed by atoms with Crippen LogP contribution in [-0.4, -0.2) is 36.0 Å². The summed E-state index contributed by atoms with van der Waals surface area (Å²) in [6, 6.07) is 15.0. The Bertz CT molecular complexity index is 1150. The van der Waals surface area contributed by atoms with Crippen molar-refractivity contribution in [3.8, 4) is 16.9 Å². The molecular weight excluding hydrogens is 420 g/mol. The van der Waals surface area contributed by atoms with Crippen LogP contribution in [-0.2, 0) is 4.79 Å². The van der Waals surface area contributed by atoms with Crippen molar-refractivity contribution < 1.29 is 18.7 Å². The number of ketones is 2. The van der Waals surface area contributed by atoms with E-state index in [2.05, 4.69) is 10.3 Å². The van der Waals surface area contributed by atoms with Crippen LogP contribution in [0.25, 0.3) is 16.9 Å². The van der Waals surface area contributed by atoms with Gasteiger partial charge in [0.2, 0.25) is 11.3 Å². The molecule has 0 aliphatic rings. The van der Waals surface area contributed by atoms with Crippen molar-refractivity contribution in [2.75, 3.05) is 0 Å². The van der Waals surface area contributed by atoms with Crippen molar-refractivity contribution in [1.82, 2.24) is 9.78 Å². The first-order chi connectivity index (χ1) is 14.5. The topological polar surface area (TPSA) is 148 Å². The molecule has 0 radical (unpaired) electrons. The number of rotatable bonds is 7. The fourth-order valence-corrected chi connectivity index (χ4v) is 3.46. The third-order valence-corrected chi connectivity index (χ3v) is 5.99. The first-order valence-electron chi connectivity index (χ1n) is 9.21. The number of carbonyl (C=O) groups is 2. The van der Waals surface area contributed by atoms with Gasteiger partial charge in [-0.1, -0.05) is 29.8 Å². The molecule has 3 rings (SSSR count). The number of nitrogens with two attached hydrogens (primary N) is 1. The first kappa shape index (κ1) is 22.5. The Labute approximate surface area is 180 Å². The van der Waals surface area contributed by atoms with Crippen LogP contribution < -0.4 is 5.14 Å². The molecular formula is C21H22N4O5S. The number of benzene rings is 2. The molecule has 3 aromatic rings. The smallest absolute Gasteiger partial charge is 0.221 e. The van der Waals surface area contributed by atoms with E-state index in [4.69, 9.17) is 5.14 Å². The zero-order valence-corrected chi connectivity index (χ0v) is 18.0. The number of aromatic nitrogens is 2. The second-order valence-corrected chi connectivity index (χ2v) is 8.99. The van der Waals surface area contributed by atoms with Gasteiger partial charge in [0.25, 0.3) is 0 Å². The van der Waals surface area contributed by atoms with E-state index in [1.165, 1.54) is 22.9 Å². The van der Waals surface area contributed by atoms with Gasteiger partial charge in [0.15, 0.2) is 5.78 Å². The van der Waals surface area contributed by atoms with Crippen LogP contribution in [0.3, 0.4) is 0 Å². The van der Waals surface area contributed by atoms with Crippen LogP contribution in [0.15, 0.2) is 64.7 Å². The molecule has 162 valence electrons. The molecule has 9 nitrogen and oxygen atoms in total. The number of carbonyl (C=O) groups excluding carboxylic acids is 2. The average molecular weight is 442 g/mol. The maximum atomic E-state index is 12.9. The highest BCUT2D eigenvalue weighted by molar-refractivity contribution is 8.22. The molecule has 0 bridgehead atoms. The number of aryl methyl sites for hydroxylation is 1. The highest BCUT2D eigenvalue weighted by Crippen LogP contribution is 2.40.